The zero-order valence-corrected chi connectivity index (χ0v) is 8.07. The van der Waals surface area contributed by atoms with Gasteiger partial charge < -0.3 is 4.74 Å². The summed E-state index contributed by atoms with van der Waals surface area (Å²) in [7, 11) is 1.53. The van der Waals surface area contributed by atoms with E-state index >= 15 is 0 Å². The normalized spacial score (nSPS) is 10.0. The van der Waals surface area contributed by atoms with E-state index in [4.69, 9.17) is 4.74 Å². The molecule has 3 nitrogen and oxygen atoms in total. The van der Waals surface area contributed by atoms with Crippen LogP contribution in [0.4, 0.5) is 4.39 Å². The lowest BCUT2D eigenvalue weighted by molar-refractivity contribution is 0.415. The second-order valence-corrected chi connectivity index (χ2v) is 2.89. The third-order valence-corrected chi connectivity index (χ3v) is 1.96. The monoisotopic (exact) mass is 203 g/mol. The number of halogens is 1. The Hall–Kier alpha value is -1.97. The number of aromatic nitrogens is 2. The first-order valence-corrected chi connectivity index (χ1v) is 4.33. The Morgan fingerprint density at radius 2 is 2.27 bits per heavy atom. The van der Waals surface area contributed by atoms with Crippen molar-refractivity contribution < 1.29 is 9.13 Å². The van der Waals surface area contributed by atoms with Gasteiger partial charge in [0.05, 0.1) is 7.11 Å². The molecule has 0 unspecified atom stereocenters. The van der Waals surface area contributed by atoms with Gasteiger partial charge in [0.15, 0.2) is 0 Å². The molecule has 0 bridgehead atoms. The molecule has 2 aromatic rings. The molecule has 0 aliphatic rings. The van der Waals surface area contributed by atoms with Crippen molar-refractivity contribution in [2.75, 3.05) is 7.11 Å². The van der Waals surface area contributed by atoms with Gasteiger partial charge in [-0.2, -0.15) is 0 Å². The molecule has 0 amide bonds. The topological polar surface area (TPSA) is 35.0 Å². The first kappa shape index (κ1) is 9.58. The molecule has 4 heteroatoms. The highest BCUT2D eigenvalue weighted by Gasteiger charge is 2.07. The van der Waals surface area contributed by atoms with Crippen LogP contribution in [0.25, 0.3) is 11.1 Å². The van der Waals surface area contributed by atoms with Crippen LogP contribution in [-0.4, -0.2) is 17.1 Å². The lowest BCUT2D eigenvalue weighted by Crippen LogP contribution is -1.90. The molecular formula is C11H8FN2O. The molecule has 2 rings (SSSR count). The van der Waals surface area contributed by atoms with Crippen LogP contribution in [0.5, 0.6) is 5.75 Å². The number of methoxy groups -OCH3 is 1. The Morgan fingerprint density at radius 3 is 2.93 bits per heavy atom. The molecule has 0 aliphatic carbocycles. The SMILES string of the molecule is COc1ccc(F)cc1-c1[c]ncnc1. The minimum Gasteiger partial charge on any atom is -0.496 e. The fourth-order valence-electron chi connectivity index (χ4n) is 1.29. The number of hydrogen-bond acceptors (Lipinski definition) is 3. The molecule has 0 spiro atoms. The maximum atomic E-state index is 13.1. The molecule has 1 aromatic heterocycles. The van der Waals surface area contributed by atoms with Crippen molar-refractivity contribution in [1.82, 2.24) is 9.97 Å². The van der Waals surface area contributed by atoms with Crippen LogP contribution in [0.2, 0.25) is 0 Å². The summed E-state index contributed by atoms with van der Waals surface area (Å²) in [5, 5.41) is 0. The fraction of sp³-hybridized carbons (Fsp3) is 0.0909. The Labute approximate surface area is 86.6 Å². The van der Waals surface area contributed by atoms with E-state index in [1.165, 1.54) is 25.6 Å². The number of rotatable bonds is 2. The second kappa shape index (κ2) is 4.04. The van der Waals surface area contributed by atoms with Gasteiger partial charge in [-0.1, -0.05) is 0 Å². The molecule has 0 N–H and O–H groups in total. The van der Waals surface area contributed by atoms with Gasteiger partial charge in [-0.15, -0.1) is 0 Å². The van der Waals surface area contributed by atoms with Gasteiger partial charge in [-0.05, 0) is 18.2 Å². The van der Waals surface area contributed by atoms with Crippen molar-refractivity contribution in [3.63, 3.8) is 0 Å². The Morgan fingerprint density at radius 1 is 1.40 bits per heavy atom. The Kier molecular flexibility index (Phi) is 2.58. The average molecular weight is 203 g/mol. The lowest BCUT2D eigenvalue weighted by atomic mass is 10.1. The van der Waals surface area contributed by atoms with E-state index in [1.54, 1.807) is 12.3 Å². The molecule has 0 atom stereocenters. The van der Waals surface area contributed by atoms with Crippen LogP contribution in [-0.2, 0) is 0 Å². The van der Waals surface area contributed by atoms with Gasteiger partial charge >= 0.3 is 0 Å². The van der Waals surface area contributed by atoms with E-state index < -0.39 is 0 Å². The standard InChI is InChI=1S/C11H8FN2O/c1-15-11-3-2-9(12)4-10(11)8-5-13-7-14-6-8/h2-5,7H,1H3. The lowest BCUT2D eigenvalue weighted by Gasteiger charge is -2.07. The number of benzene rings is 1. The maximum Gasteiger partial charge on any atom is 0.127 e. The summed E-state index contributed by atoms with van der Waals surface area (Å²) in [6.07, 6.45) is 5.66. The van der Waals surface area contributed by atoms with Crippen molar-refractivity contribution in [2.45, 2.75) is 0 Å². The third kappa shape index (κ3) is 1.93. The van der Waals surface area contributed by atoms with Gasteiger partial charge in [-0.25, -0.2) is 14.4 Å². The van der Waals surface area contributed by atoms with Gasteiger partial charge in [0.25, 0.3) is 0 Å². The molecular weight excluding hydrogens is 195 g/mol. The molecule has 0 fully saturated rings. The highest BCUT2D eigenvalue weighted by atomic mass is 19.1. The highest BCUT2D eigenvalue weighted by molar-refractivity contribution is 5.68. The van der Waals surface area contributed by atoms with Crippen molar-refractivity contribution in [1.29, 1.82) is 0 Å². The van der Waals surface area contributed by atoms with Crippen LogP contribution < -0.4 is 4.74 Å². The molecule has 15 heavy (non-hydrogen) atoms. The number of nitrogens with zero attached hydrogens (tertiary/aromatic N) is 2. The molecule has 75 valence electrons. The summed E-state index contributed by atoms with van der Waals surface area (Å²) < 4.78 is 18.2. The van der Waals surface area contributed by atoms with Crippen molar-refractivity contribution >= 4 is 0 Å². The van der Waals surface area contributed by atoms with Crippen molar-refractivity contribution in [2.24, 2.45) is 0 Å². The quantitative estimate of drug-likeness (QED) is 0.749. The van der Waals surface area contributed by atoms with Gasteiger partial charge in [0, 0.05) is 17.3 Å². The summed E-state index contributed by atoms with van der Waals surface area (Å²) in [5.74, 6) is 0.241. The molecule has 1 radical (unpaired) electrons. The molecule has 0 aliphatic heterocycles. The van der Waals surface area contributed by atoms with E-state index in [0.29, 0.717) is 16.9 Å². The zero-order valence-electron chi connectivity index (χ0n) is 8.07. The minimum absolute atomic E-state index is 0.331. The van der Waals surface area contributed by atoms with Crippen LogP contribution in [0.1, 0.15) is 0 Å². The summed E-state index contributed by atoms with van der Waals surface area (Å²) in [6.45, 7) is 0. The molecule has 0 saturated carbocycles. The summed E-state index contributed by atoms with van der Waals surface area (Å²) in [6, 6.07) is 4.27. The number of ether oxygens (including phenoxy) is 1. The first-order valence-electron chi connectivity index (χ1n) is 4.33. The summed E-state index contributed by atoms with van der Waals surface area (Å²) in [4.78, 5) is 7.60. The predicted molar refractivity (Wildman–Crippen MR) is 52.8 cm³/mol. The smallest absolute Gasteiger partial charge is 0.127 e. The third-order valence-electron chi connectivity index (χ3n) is 1.96. The molecule has 1 aromatic carbocycles. The van der Waals surface area contributed by atoms with Crippen molar-refractivity contribution in [3.05, 3.63) is 42.7 Å². The largest absolute Gasteiger partial charge is 0.496 e. The Balaban J connectivity index is 2.56. The van der Waals surface area contributed by atoms with Crippen LogP contribution in [0, 0.1) is 12.0 Å². The maximum absolute atomic E-state index is 13.1. The molecule has 1 heterocycles. The summed E-state index contributed by atoms with van der Waals surface area (Å²) in [5.41, 5.74) is 1.20. The molecule has 0 saturated heterocycles. The average Bonchev–Trinajstić information content (AvgIpc) is 2.30. The van der Waals surface area contributed by atoms with Crippen LogP contribution in [0.15, 0.2) is 30.7 Å². The Bertz CT molecular complexity index is 459. The van der Waals surface area contributed by atoms with Crippen LogP contribution in [0.3, 0.4) is 0 Å². The fourth-order valence-corrected chi connectivity index (χ4v) is 1.29. The van der Waals surface area contributed by atoms with Crippen LogP contribution >= 0.6 is 0 Å². The highest BCUT2D eigenvalue weighted by Crippen LogP contribution is 2.28. The van der Waals surface area contributed by atoms with E-state index in [-0.39, 0.29) is 5.82 Å². The van der Waals surface area contributed by atoms with Gasteiger partial charge in [0.1, 0.15) is 24.1 Å². The van der Waals surface area contributed by atoms with E-state index in [9.17, 15) is 4.39 Å². The van der Waals surface area contributed by atoms with Gasteiger partial charge in [-0.3, -0.25) is 0 Å². The summed E-state index contributed by atoms with van der Waals surface area (Å²) >= 11 is 0. The zero-order chi connectivity index (χ0) is 10.7. The minimum atomic E-state index is -0.331. The van der Waals surface area contributed by atoms with Crippen molar-refractivity contribution in [3.8, 4) is 16.9 Å². The van der Waals surface area contributed by atoms with E-state index in [1.807, 2.05) is 0 Å². The first-order chi connectivity index (χ1) is 7.31. The van der Waals surface area contributed by atoms with Gasteiger partial charge in [0.2, 0.25) is 0 Å². The predicted octanol–water partition coefficient (Wildman–Crippen LogP) is 2.09. The second-order valence-electron chi connectivity index (χ2n) is 2.89. The number of hydrogen-bond donors (Lipinski definition) is 0. The van der Waals surface area contributed by atoms with E-state index in [0.717, 1.165) is 0 Å². The van der Waals surface area contributed by atoms with E-state index in [2.05, 4.69) is 16.2 Å².